The summed E-state index contributed by atoms with van der Waals surface area (Å²) in [6.07, 6.45) is 2.25. The highest BCUT2D eigenvalue weighted by molar-refractivity contribution is 7.89. The first-order valence-corrected chi connectivity index (χ1v) is 8.17. The van der Waals surface area contributed by atoms with Gasteiger partial charge >= 0.3 is 0 Å². The van der Waals surface area contributed by atoms with E-state index < -0.39 is 10.0 Å². The van der Waals surface area contributed by atoms with Crippen LogP contribution in [0.25, 0.3) is 0 Å². The number of nitrogens with zero attached hydrogens (tertiary/aromatic N) is 1. The zero-order chi connectivity index (χ0) is 12.6. The molecular formula is C12H23NO3S. The molecule has 0 aromatic heterocycles. The van der Waals surface area contributed by atoms with E-state index >= 15 is 0 Å². The van der Waals surface area contributed by atoms with Crippen molar-refractivity contribution in [3.63, 3.8) is 0 Å². The second kappa shape index (κ2) is 4.86. The molecule has 0 radical (unpaired) electrons. The highest BCUT2D eigenvalue weighted by atomic mass is 32.2. The number of fused-ring (bicyclic) bond motifs is 1. The standard InChI is InChI=1S/C12H23NO3S/c1-9(2)5-6-17(15,16)13-7-10-3-4-12(14)11(10)8-13/h9-12,14H,3-8H2,1-2H3. The van der Waals surface area contributed by atoms with Crippen molar-refractivity contribution in [1.29, 1.82) is 0 Å². The van der Waals surface area contributed by atoms with Crippen LogP contribution < -0.4 is 0 Å². The minimum atomic E-state index is -3.10. The van der Waals surface area contributed by atoms with Gasteiger partial charge < -0.3 is 5.11 Å². The van der Waals surface area contributed by atoms with Crippen LogP contribution in [-0.4, -0.2) is 42.8 Å². The first-order chi connectivity index (χ1) is 7.90. The lowest BCUT2D eigenvalue weighted by atomic mass is 10.00. The van der Waals surface area contributed by atoms with Crippen LogP contribution in [0, 0.1) is 17.8 Å². The molecular weight excluding hydrogens is 238 g/mol. The molecule has 1 N–H and O–H groups in total. The molecule has 1 aliphatic carbocycles. The van der Waals surface area contributed by atoms with Crippen molar-refractivity contribution in [3.8, 4) is 0 Å². The summed E-state index contributed by atoms with van der Waals surface area (Å²) in [6, 6.07) is 0. The Morgan fingerprint density at radius 2 is 2.00 bits per heavy atom. The Kier molecular flexibility index (Phi) is 3.80. The van der Waals surface area contributed by atoms with Gasteiger partial charge in [-0.2, -0.15) is 0 Å². The van der Waals surface area contributed by atoms with E-state index in [9.17, 15) is 13.5 Å². The minimum absolute atomic E-state index is 0.184. The van der Waals surface area contributed by atoms with Gasteiger partial charge in [0.05, 0.1) is 11.9 Å². The predicted octanol–water partition coefficient (Wildman–Crippen LogP) is 1.06. The van der Waals surface area contributed by atoms with Crippen LogP contribution in [0.15, 0.2) is 0 Å². The van der Waals surface area contributed by atoms with Crippen LogP contribution >= 0.6 is 0 Å². The summed E-state index contributed by atoms with van der Waals surface area (Å²) < 4.78 is 25.8. The Morgan fingerprint density at radius 3 is 2.59 bits per heavy atom. The summed E-state index contributed by atoms with van der Waals surface area (Å²) in [5, 5.41) is 9.78. The van der Waals surface area contributed by atoms with Gasteiger partial charge in [-0.3, -0.25) is 0 Å². The van der Waals surface area contributed by atoms with Crippen molar-refractivity contribution in [2.45, 2.75) is 39.2 Å². The molecule has 0 spiro atoms. The minimum Gasteiger partial charge on any atom is -0.393 e. The van der Waals surface area contributed by atoms with E-state index in [1.165, 1.54) is 0 Å². The van der Waals surface area contributed by atoms with Crippen molar-refractivity contribution in [1.82, 2.24) is 4.31 Å². The van der Waals surface area contributed by atoms with E-state index in [1.807, 2.05) is 13.8 Å². The monoisotopic (exact) mass is 261 g/mol. The fraction of sp³-hybridized carbons (Fsp3) is 1.00. The summed E-state index contributed by atoms with van der Waals surface area (Å²) in [6.45, 7) is 5.24. The zero-order valence-corrected chi connectivity index (χ0v) is 11.5. The Balaban J connectivity index is 1.96. The van der Waals surface area contributed by atoms with Crippen molar-refractivity contribution < 1.29 is 13.5 Å². The predicted molar refractivity (Wildman–Crippen MR) is 67.0 cm³/mol. The third kappa shape index (κ3) is 2.83. The molecule has 0 amide bonds. The smallest absolute Gasteiger partial charge is 0.214 e. The van der Waals surface area contributed by atoms with Crippen LogP contribution in [-0.2, 0) is 10.0 Å². The van der Waals surface area contributed by atoms with E-state index in [0.29, 0.717) is 24.9 Å². The van der Waals surface area contributed by atoms with Crippen molar-refractivity contribution in [3.05, 3.63) is 0 Å². The average Bonchev–Trinajstić information content (AvgIpc) is 2.79. The Bertz CT molecular complexity index is 366. The lowest BCUT2D eigenvalue weighted by Gasteiger charge is -2.18. The topological polar surface area (TPSA) is 57.6 Å². The molecule has 1 saturated heterocycles. The van der Waals surface area contributed by atoms with Crippen LogP contribution in [0.5, 0.6) is 0 Å². The highest BCUT2D eigenvalue weighted by Crippen LogP contribution is 2.39. The number of hydrogen-bond acceptors (Lipinski definition) is 3. The molecule has 1 saturated carbocycles. The Hall–Kier alpha value is -0.130. The van der Waals surface area contributed by atoms with Crippen LogP contribution in [0.1, 0.15) is 33.1 Å². The molecule has 2 aliphatic rings. The SMILES string of the molecule is CC(C)CCS(=O)(=O)N1CC2CCC(O)C2C1. The van der Waals surface area contributed by atoms with Crippen LogP contribution in [0.2, 0.25) is 0 Å². The van der Waals surface area contributed by atoms with Crippen LogP contribution in [0.4, 0.5) is 0 Å². The Morgan fingerprint density at radius 1 is 1.29 bits per heavy atom. The molecule has 2 rings (SSSR count). The summed E-state index contributed by atoms with van der Waals surface area (Å²) in [4.78, 5) is 0. The number of sulfonamides is 1. The van der Waals surface area contributed by atoms with E-state index in [-0.39, 0.29) is 17.8 Å². The molecule has 100 valence electrons. The van der Waals surface area contributed by atoms with Gasteiger partial charge in [0.1, 0.15) is 0 Å². The maximum atomic E-state index is 12.1. The molecule has 17 heavy (non-hydrogen) atoms. The molecule has 1 heterocycles. The number of aliphatic hydroxyl groups excluding tert-OH is 1. The molecule has 3 atom stereocenters. The van der Waals surface area contributed by atoms with Gasteiger partial charge in [0, 0.05) is 19.0 Å². The van der Waals surface area contributed by atoms with E-state index in [4.69, 9.17) is 0 Å². The highest BCUT2D eigenvalue weighted by Gasteiger charge is 2.45. The second-order valence-corrected chi connectivity index (χ2v) is 7.97. The van der Waals surface area contributed by atoms with Gasteiger partial charge in [0.2, 0.25) is 10.0 Å². The van der Waals surface area contributed by atoms with E-state index in [1.54, 1.807) is 4.31 Å². The lowest BCUT2D eigenvalue weighted by Crippen LogP contribution is -2.33. The molecule has 0 bridgehead atoms. The van der Waals surface area contributed by atoms with Crippen molar-refractivity contribution in [2.75, 3.05) is 18.8 Å². The van der Waals surface area contributed by atoms with E-state index in [0.717, 1.165) is 19.3 Å². The normalized spacial score (nSPS) is 34.5. The van der Waals surface area contributed by atoms with Gasteiger partial charge in [-0.05, 0) is 31.1 Å². The molecule has 5 heteroatoms. The third-order valence-corrected chi connectivity index (χ3v) is 5.97. The summed E-state index contributed by atoms with van der Waals surface area (Å²) in [5.74, 6) is 1.24. The van der Waals surface area contributed by atoms with Gasteiger partial charge in [0.25, 0.3) is 0 Å². The molecule has 2 fully saturated rings. The maximum absolute atomic E-state index is 12.1. The van der Waals surface area contributed by atoms with Crippen molar-refractivity contribution >= 4 is 10.0 Å². The van der Waals surface area contributed by atoms with E-state index in [2.05, 4.69) is 0 Å². The van der Waals surface area contributed by atoms with Gasteiger partial charge in [-0.25, -0.2) is 12.7 Å². The zero-order valence-electron chi connectivity index (χ0n) is 10.7. The molecule has 3 unspecified atom stereocenters. The van der Waals surface area contributed by atoms with Crippen molar-refractivity contribution in [2.24, 2.45) is 17.8 Å². The molecule has 0 aromatic carbocycles. The molecule has 0 aromatic rings. The first kappa shape index (κ1) is 13.3. The molecule has 4 nitrogen and oxygen atoms in total. The second-order valence-electron chi connectivity index (χ2n) is 5.88. The quantitative estimate of drug-likeness (QED) is 0.823. The van der Waals surface area contributed by atoms with Gasteiger partial charge in [-0.1, -0.05) is 13.8 Å². The summed E-state index contributed by atoms with van der Waals surface area (Å²) >= 11 is 0. The fourth-order valence-corrected chi connectivity index (χ4v) is 4.78. The maximum Gasteiger partial charge on any atom is 0.214 e. The van der Waals surface area contributed by atoms with Gasteiger partial charge in [-0.15, -0.1) is 0 Å². The van der Waals surface area contributed by atoms with Crippen LogP contribution in [0.3, 0.4) is 0 Å². The molecule has 1 aliphatic heterocycles. The lowest BCUT2D eigenvalue weighted by molar-refractivity contribution is 0.129. The number of hydrogen-bond donors (Lipinski definition) is 1. The Labute approximate surface area is 104 Å². The third-order valence-electron chi connectivity index (χ3n) is 4.13. The number of aliphatic hydroxyl groups is 1. The number of rotatable bonds is 4. The summed E-state index contributed by atoms with van der Waals surface area (Å²) in [5.41, 5.74) is 0. The largest absolute Gasteiger partial charge is 0.393 e. The first-order valence-electron chi connectivity index (χ1n) is 6.56. The summed E-state index contributed by atoms with van der Waals surface area (Å²) in [7, 11) is -3.10. The average molecular weight is 261 g/mol. The fourth-order valence-electron chi connectivity index (χ4n) is 2.94. The van der Waals surface area contributed by atoms with Gasteiger partial charge in [0.15, 0.2) is 0 Å².